The highest BCUT2D eigenvalue weighted by Gasteiger charge is 2.11. The molecule has 1 amide bonds. The molecule has 6 heteroatoms. The van der Waals surface area contributed by atoms with Crippen LogP contribution in [0.1, 0.15) is 21.5 Å². The molecule has 0 aliphatic carbocycles. The highest BCUT2D eigenvalue weighted by Crippen LogP contribution is 2.23. The first-order valence-electron chi connectivity index (χ1n) is 9.79. The number of ether oxygens (including phenoxy) is 2. The van der Waals surface area contributed by atoms with Gasteiger partial charge in [-0.1, -0.05) is 28.1 Å². The van der Waals surface area contributed by atoms with Crippen molar-refractivity contribution in [3.8, 4) is 11.5 Å². The van der Waals surface area contributed by atoms with Gasteiger partial charge in [0.2, 0.25) is 0 Å². The normalized spacial score (nSPS) is 10.6. The number of nitrogens with one attached hydrogen (secondary N) is 1. The van der Waals surface area contributed by atoms with E-state index in [0.29, 0.717) is 24.5 Å². The number of carbonyl (C=O) groups excluding carboxylic acids is 1. The summed E-state index contributed by atoms with van der Waals surface area (Å²) in [7, 11) is 1.60. The van der Waals surface area contributed by atoms with E-state index >= 15 is 0 Å². The molecule has 31 heavy (non-hydrogen) atoms. The number of hydrogen-bond acceptors (Lipinski definition) is 4. The van der Waals surface area contributed by atoms with Crippen LogP contribution in [-0.2, 0) is 13.2 Å². The Morgan fingerprint density at radius 1 is 1.03 bits per heavy atom. The van der Waals surface area contributed by atoms with Gasteiger partial charge in [0, 0.05) is 33.7 Å². The minimum absolute atomic E-state index is 0.154. The summed E-state index contributed by atoms with van der Waals surface area (Å²) >= 11 is 3.41. The van der Waals surface area contributed by atoms with E-state index in [0.717, 1.165) is 32.3 Å². The van der Waals surface area contributed by atoms with Crippen molar-refractivity contribution in [3.63, 3.8) is 0 Å². The van der Waals surface area contributed by atoms with E-state index in [1.54, 1.807) is 31.5 Å². The lowest BCUT2D eigenvalue weighted by atomic mass is 10.1. The van der Waals surface area contributed by atoms with Crippen molar-refractivity contribution in [3.05, 3.63) is 100 Å². The molecule has 156 valence electrons. The Hall–Kier alpha value is -3.38. The molecule has 5 nitrogen and oxygen atoms in total. The average Bonchev–Trinajstić information content (AvgIpc) is 2.81. The Kier molecular flexibility index (Phi) is 6.48. The fourth-order valence-corrected chi connectivity index (χ4v) is 3.51. The molecule has 0 atom stereocenters. The van der Waals surface area contributed by atoms with Crippen LogP contribution in [0.4, 0.5) is 0 Å². The zero-order valence-electron chi connectivity index (χ0n) is 17.0. The van der Waals surface area contributed by atoms with Crippen LogP contribution in [-0.4, -0.2) is 18.0 Å². The van der Waals surface area contributed by atoms with Gasteiger partial charge < -0.3 is 14.8 Å². The number of halogens is 1. The van der Waals surface area contributed by atoms with Gasteiger partial charge in [0.05, 0.1) is 12.6 Å². The summed E-state index contributed by atoms with van der Waals surface area (Å²) in [5.74, 6) is 1.26. The van der Waals surface area contributed by atoms with Gasteiger partial charge in [0.1, 0.15) is 18.1 Å². The molecule has 0 fully saturated rings. The second kappa shape index (κ2) is 9.62. The molecule has 4 aromatic rings. The van der Waals surface area contributed by atoms with Crippen LogP contribution in [0.2, 0.25) is 0 Å². The topological polar surface area (TPSA) is 60.5 Å². The molecule has 0 aliphatic rings. The fourth-order valence-electron chi connectivity index (χ4n) is 3.24. The smallest absolute Gasteiger partial charge is 0.251 e. The summed E-state index contributed by atoms with van der Waals surface area (Å²) in [6, 6.07) is 22.8. The van der Waals surface area contributed by atoms with E-state index in [-0.39, 0.29) is 5.91 Å². The number of amides is 1. The van der Waals surface area contributed by atoms with Gasteiger partial charge >= 0.3 is 0 Å². The van der Waals surface area contributed by atoms with Gasteiger partial charge in [0.25, 0.3) is 5.91 Å². The molecule has 4 rings (SSSR count). The SMILES string of the molecule is COc1ccc(C(=O)NCc2ccc3ncccc3c2)cc1COc1ccc(Br)cc1. The zero-order chi connectivity index (χ0) is 21.6. The number of fused-ring (bicyclic) bond motifs is 1. The molecular weight excluding hydrogens is 456 g/mol. The molecule has 1 N–H and O–H groups in total. The van der Waals surface area contributed by atoms with Gasteiger partial charge in [-0.25, -0.2) is 0 Å². The number of nitrogens with zero attached hydrogens (tertiary/aromatic N) is 1. The number of hydrogen-bond donors (Lipinski definition) is 1. The van der Waals surface area contributed by atoms with Crippen LogP contribution >= 0.6 is 15.9 Å². The van der Waals surface area contributed by atoms with Crippen LogP contribution in [0.15, 0.2) is 83.5 Å². The molecule has 0 saturated heterocycles. The first-order chi connectivity index (χ1) is 15.1. The molecule has 3 aromatic carbocycles. The molecule has 0 unspecified atom stereocenters. The highest BCUT2D eigenvalue weighted by molar-refractivity contribution is 9.10. The second-order valence-corrected chi connectivity index (χ2v) is 7.90. The maximum atomic E-state index is 12.7. The van der Waals surface area contributed by atoms with E-state index in [1.807, 2.05) is 54.6 Å². The van der Waals surface area contributed by atoms with Crippen LogP contribution in [0.25, 0.3) is 10.9 Å². The molecule has 0 spiro atoms. The highest BCUT2D eigenvalue weighted by atomic mass is 79.9. The third-order valence-corrected chi connectivity index (χ3v) is 5.40. The minimum atomic E-state index is -0.154. The number of rotatable bonds is 7. The lowest BCUT2D eigenvalue weighted by molar-refractivity contribution is 0.0950. The van der Waals surface area contributed by atoms with Crippen LogP contribution in [0.5, 0.6) is 11.5 Å². The van der Waals surface area contributed by atoms with Gasteiger partial charge in [-0.3, -0.25) is 9.78 Å². The van der Waals surface area contributed by atoms with Gasteiger partial charge in [-0.15, -0.1) is 0 Å². The minimum Gasteiger partial charge on any atom is -0.496 e. The average molecular weight is 477 g/mol. The number of carbonyl (C=O) groups is 1. The molecule has 0 bridgehead atoms. The van der Waals surface area contributed by atoms with Crippen LogP contribution < -0.4 is 14.8 Å². The van der Waals surface area contributed by atoms with Gasteiger partial charge in [0.15, 0.2) is 0 Å². The second-order valence-electron chi connectivity index (χ2n) is 6.98. The third-order valence-electron chi connectivity index (χ3n) is 4.87. The molecular formula is C25H21BrN2O3. The molecule has 1 aromatic heterocycles. The zero-order valence-corrected chi connectivity index (χ0v) is 18.6. The van der Waals surface area contributed by atoms with Crippen molar-refractivity contribution in [1.29, 1.82) is 0 Å². The van der Waals surface area contributed by atoms with Crippen molar-refractivity contribution in [2.24, 2.45) is 0 Å². The molecule has 1 heterocycles. The Bertz CT molecular complexity index is 1210. The summed E-state index contributed by atoms with van der Waals surface area (Å²) in [5, 5.41) is 4.03. The molecule has 0 saturated carbocycles. The Morgan fingerprint density at radius 3 is 2.68 bits per heavy atom. The summed E-state index contributed by atoms with van der Waals surface area (Å²) in [5.41, 5.74) is 3.30. The summed E-state index contributed by atoms with van der Waals surface area (Å²) in [4.78, 5) is 17.1. The standard InChI is InChI=1S/C25H21BrN2O3/c1-30-24-11-5-19(14-20(24)16-31-22-8-6-21(26)7-9-22)25(29)28-15-17-4-10-23-18(13-17)3-2-12-27-23/h2-14H,15-16H2,1H3,(H,28,29). The maximum absolute atomic E-state index is 12.7. The first-order valence-corrected chi connectivity index (χ1v) is 10.6. The van der Waals surface area contributed by atoms with Crippen molar-refractivity contribution >= 4 is 32.7 Å². The Balaban J connectivity index is 1.44. The quantitative estimate of drug-likeness (QED) is 0.381. The van der Waals surface area contributed by atoms with Crippen molar-refractivity contribution in [2.75, 3.05) is 7.11 Å². The lowest BCUT2D eigenvalue weighted by Gasteiger charge is -2.13. The third kappa shape index (κ3) is 5.22. The van der Waals surface area contributed by atoms with E-state index in [4.69, 9.17) is 9.47 Å². The maximum Gasteiger partial charge on any atom is 0.251 e. The fraction of sp³-hybridized carbons (Fsp3) is 0.120. The number of benzene rings is 3. The summed E-state index contributed by atoms with van der Waals surface area (Å²) in [6.45, 7) is 0.726. The van der Waals surface area contributed by atoms with Crippen molar-refractivity contribution in [1.82, 2.24) is 10.3 Å². The molecule has 0 aliphatic heterocycles. The van der Waals surface area contributed by atoms with Crippen LogP contribution in [0.3, 0.4) is 0 Å². The summed E-state index contributed by atoms with van der Waals surface area (Å²) in [6.07, 6.45) is 1.77. The van der Waals surface area contributed by atoms with Crippen molar-refractivity contribution in [2.45, 2.75) is 13.2 Å². The largest absolute Gasteiger partial charge is 0.496 e. The predicted octanol–water partition coefficient (Wildman–Crippen LogP) is 5.51. The monoisotopic (exact) mass is 476 g/mol. The molecule has 0 radical (unpaired) electrons. The predicted molar refractivity (Wildman–Crippen MR) is 124 cm³/mol. The van der Waals surface area contributed by atoms with Gasteiger partial charge in [-0.2, -0.15) is 0 Å². The Morgan fingerprint density at radius 2 is 1.87 bits per heavy atom. The lowest BCUT2D eigenvalue weighted by Crippen LogP contribution is -2.23. The number of aromatic nitrogens is 1. The van der Waals surface area contributed by atoms with Gasteiger partial charge in [-0.05, 0) is 66.2 Å². The number of methoxy groups -OCH3 is 1. The summed E-state index contributed by atoms with van der Waals surface area (Å²) < 4.78 is 12.3. The van der Waals surface area contributed by atoms with E-state index in [2.05, 4.69) is 26.2 Å². The Labute approximate surface area is 189 Å². The van der Waals surface area contributed by atoms with Crippen molar-refractivity contribution < 1.29 is 14.3 Å². The van der Waals surface area contributed by atoms with E-state index in [9.17, 15) is 4.79 Å². The number of pyridine rings is 1. The van der Waals surface area contributed by atoms with Crippen LogP contribution in [0, 0.1) is 0 Å². The van der Waals surface area contributed by atoms with E-state index in [1.165, 1.54) is 0 Å². The first kappa shape index (κ1) is 20.9. The van der Waals surface area contributed by atoms with E-state index < -0.39 is 0 Å².